The normalized spacial score (nSPS) is 16.9. The zero-order chi connectivity index (χ0) is 10.5. The summed E-state index contributed by atoms with van der Waals surface area (Å²) in [7, 11) is 0. The first-order valence-electron chi connectivity index (χ1n) is 5.58. The standard InChI is InChI=1S/C12H17NO2/c14-8-11-6-3-7-12(13-11)15-9-10-4-1-2-5-10/h3,6-7,10,14H,1-2,4-5,8-9H2. The van der Waals surface area contributed by atoms with Gasteiger partial charge in [0.1, 0.15) is 0 Å². The van der Waals surface area contributed by atoms with Crippen LogP contribution in [0.1, 0.15) is 31.4 Å². The molecule has 1 aliphatic rings. The van der Waals surface area contributed by atoms with Crippen molar-refractivity contribution in [1.82, 2.24) is 4.98 Å². The Hall–Kier alpha value is -1.09. The van der Waals surface area contributed by atoms with E-state index in [4.69, 9.17) is 9.84 Å². The Balaban J connectivity index is 1.86. The molecule has 0 spiro atoms. The smallest absolute Gasteiger partial charge is 0.213 e. The number of hydrogen-bond donors (Lipinski definition) is 1. The lowest BCUT2D eigenvalue weighted by Crippen LogP contribution is -2.09. The zero-order valence-corrected chi connectivity index (χ0v) is 8.85. The quantitative estimate of drug-likeness (QED) is 0.822. The molecular weight excluding hydrogens is 190 g/mol. The zero-order valence-electron chi connectivity index (χ0n) is 8.85. The van der Waals surface area contributed by atoms with Crippen molar-refractivity contribution in [2.24, 2.45) is 5.92 Å². The predicted molar refractivity (Wildman–Crippen MR) is 57.6 cm³/mol. The molecule has 82 valence electrons. The highest BCUT2D eigenvalue weighted by Crippen LogP contribution is 2.25. The number of aliphatic hydroxyl groups excluding tert-OH is 1. The predicted octanol–water partition coefficient (Wildman–Crippen LogP) is 2.14. The fourth-order valence-electron chi connectivity index (χ4n) is 2.01. The highest BCUT2D eigenvalue weighted by atomic mass is 16.5. The maximum absolute atomic E-state index is 8.92. The van der Waals surface area contributed by atoms with E-state index in [1.807, 2.05) is 12.1 Å². The summed E-state index contributed by atoms with van der Waals surface area (Å²) in [5.41, 5.74) is 0.666. The number of rotatable bonds is 4. The van der Waals surface area contributed by atoms with Crippen LogP contribution in [-0.2, 0) is 6.61 Å². The summed E-state index contributed by atoms with van der Waals surface area (Å²) < 4.78 is 5.61. The minimum atomic E-state index is -0.0272. The Morgan fingerprint density at radius 1 is 1.33 bits per heavy atom. The van der Waals surface area contributed by atoms with Gasteiger partial charge in [0, 0.05) is 6.07 Å². The number of pyridine rings is 1. The molecule has 0 aliphatic heterocycles. The highest BCUT2D eigenvalue weighted by Gasteiger charge is 2.15. The Bertz CT molecular complexity index is 308. The second kappa shape index (κ2) is 5.12. The van der Waals surface area contributed by atoms with Crippen molar-refractivity contribution < 1.29 is 9.84 Å². The molecule has 1 saturated carbocycles. The topological polar surface area (TPSA) is 42.4 Å². The van der Waals surface area contributed by atoms with Crippen molar-refractivity contribution in [3.8, 4) is 5.88 Å². The summed E-state index contributed by atoms with van der Waals surface area (Å²) in [5, 5.41) is 8.92. The molecule has 0 saturated heterocycles. The molecule has 1 N–H and O–H groups in total. The fraction of sp³-hybridized carbons (Fsp3) is 0.583. The van der Waals surface area contributed by atoms with Gasteiger partial charge in [-0.25, -0.2) is 4.98 Å². The molecule has 1 aliphatic carbocycles. The molecule has 0 radical (unpaired) electrons. The third kappa shape index (κ3) is 2.93. The number of ether oxygens (including phenoxy) is 1. The molecular formula is C12H17NO2. The second-order valence-corrected chi connectivity index (χ2v) is 4.09. The van der Waals surface area contributed by atoms with Crippen molar-refractivity contribution in [3.05, 3.63) is 23.9 Å². The number of aliphatic hydroxyl groups is 1. The van der Waals surface area contributed by atoms with E-state index in [9.17, 15) is 0 Å². The minimum absolute atomic E-state index is 0.0272. The molecule has 0 bridgehead atoms. The van der Waals surface area contributed by atoms with Gasteiger partial charge in [-0.2, -0.15) is 0 Å². The van der Waals surface area contributed by atoms with E-state index >= 15 is 0 Å². The van der Waals surface area contributed by atoms with Crippen molar-refractivity contribution in [3.63, 3.8) is 0 Å². The van der Waals surface area contributed by atoms with Gasteiger partial charge in [-0.1, -0.05) is 18.9 Å². The number of aromatic nitrogens is 1. The van der Waals surface area contributed by atoms with E-state index in [1.54, 1.807) is 6.07 Å². The van der Waals surface area contributed by atoms with E-state index in [2.05, 4.69) is 4.98 Å². The Kier molecular flexibility index (Phi) is 3.56. The summed E-state index contributed by atoms with van der Waals surface area (Å²) in [4.78, 5) is 4.18. The van der Waals surface area contributed by atoms with Gasteiger partial charge < -0.3 is 9.84 Å². The second-order valence-electron chi connectivity index (χ2n) is 4.09. The molecule has 3 nitrogen and oxygen atoms in total. The number of nitrogens with zero attached hydrogens (tertiary/aromatic N) is 1. The molecule has 15 heavy (non-hydrogen) atoms. The fourth-order valence-corrected chi connectivity index (χ4v) is 2.01. The van der Waals surface area contributed by atoms with Crippen LogP contribution in [-0.4, -0.2) is 16.7 Å². The summed E-state index contributed by atoms with van der Waals surface area (Å²) >= 11 is 0. The largest absolute Gasteiger partial charge is 0.477 e. The van der Waals surface area contributed by atoms with Crippen molar-refractivity contribution in [1.29, 1.82) is 0 Å². The molecule has 2 rings (SSSR count). The molecule has 3 heteroatoms. The van der Waals surface area contributed by atoms with E-state index in [1.165, 1.54) is 25.7 Å². The monoisotopic (exact) mass is 207 g/mol. The molecule has 0 aromatic carbocycles. The van der Waals surface area contributed by atoms with Crippen molar-refractivity contribution in [2.75, 3.05) is 6.61 Å². The summed E-state index contributed by atoms with van der Waals surface area (Å²) in [6, 6.07) is 5.50. The maximum Gasteiger partial charge on any atom is 0.213 e. The lowest BCUT2D eigenvalue weighted by Gasteiger charge is -2.10. The van der Waals surface area contributed by atoms with Crippen LogP contribution in [0.25, 0.3) is 0 Å². The highest BCUT2D eigenvalue weighted by molar-refractivity contribution is 5.15. The van der Waals surface area contributed by atoms with Crippen molar-refractivity contribution in [2.45, 2.75) is 32.3 Å². The summed E-state index contributed by atoms with van der Waals surface area (Å²) in [6.07, 6.45) is 5.22. The van der Waals surface area contributed by atoms with Gasteiger partial charge in [-0.3, -0.25) is 0 Å². The van der Waals surface area contributed by atoms with Crippen LogP contribution in [0.4, 0.5) is 0 Å². The van der Waals surface area contributed by atoms with Crippen LogP contribution < -0.4 is 4.74 Å². The lowest BCUT2D eigenvalue weighted by atomic mass is 10.1. The summed E-state index contributed by atoms with van der Waals surface area (Å²) in [5.74, 6) is 1.33. The van der Waals surface area contributed by atoms with E-state index < -0.39 is 0 Å². The van der Waals surface area contributed by atoms with Gasteiger partial charge in [-0.15, -0.1) is 0 Å². The van der Waals surface area contributed by atoms with Gasteiger partial charge in [0.25, 0.3) is 0 Å². The van der Waals surface area contributed by atoms with E-state index in [-0.39, 0.29) is 6.61 Å². The Labute approximate surface area is 90.1 Å². The molecule has 1 aromatic heterocycles. The van der Waals surface area contributed by atoms with Gasteiger partial charge in [0.15, 0.2) is 0 Å². The molecule has 0 unspecified atom stereocenters. The first kappa shape index (κ1) is 10.4. The molecule has 0 amide bonds. The molecule has 1 heterocycles. The van der Waals surface area contributed by atoms with Gasteiger partial charge in [0.05, 0.1) is 18.9 Å². The average molecular weight is 207 g/mol. The van der Waals surface area contributed by atoms with Gasteiger partial charge >= 0.3 is 0 Å². The SMILES string of the molecule is OCc1cccc(OCC2CCCC2)n1. The van der Waals surface area contributed by atoms with Crippen LogP contribution >= 0.6 is 0 Å². The van der Waals surface area contributed by atoms with Crippen LogP contribution in [0.15, 0.2) is 18.2 Å². The van der Waals surface area contributed by atoms with Crippen LogP contribution in [0, 0.1) is 5.92 Å². The molecule has 0 atom stereocenters. The third-order valence-corrected chi connectivity index (χ3v) is 2.88. The maximum atomic E-state index is 8.92. The third-order valence-electron chi connectivity index (χ3n) is 2.88. The van der Waals surface area contributed by atoms with Gasteiger partial charge in [0.2, 0.25) is 5.88 Å². The van der Waals surface area contributed by atoms with E-state index in [0.29, 0.717) is 17.5 Å². The average Bonchev–Trinajstić information content (AvgIpc) is 2.79. The molecule has 1 aromatic rings. The minimum Gasteiger partial charge on any atom is -0.477 e. The first-order chi connectivity index (χ1) is 7.38. The molecule has 1 fully saturated rings. The Morgan fingerprint density at radius 2 is 2.13 bits per heavy atom. The van der Waals surface area contributed by atoms with Crippen molar-refractivity contribution >= 4 is 0 Å². The van der Waals surface area contributed by atoms with Gasteiger partial charge in [-0.05, 0) is 24.8 Å². The number of hydrogen-bond acceptors (Lipinski definition) is 3. The van der Waals surface area contributed by atoms with Crippen LogP contribution in [0.3, 0.4) is 0 Å². The summed E-state index contributed by atoms with van der Waals surface area (Å²) in [6.45, 7) is 0.739. The Morgan fingerprint density at radius 3 is 2.87 bits per heavy atom. The van der Waals surface area contributed by atoms with E-state index in [0.717, 1.165) is 6.61 Å². The van der Waals surface area contributed by atoms with Crippen LogP contribution in [0.2, 0.25) is 0 Å². The lowest BCUT2D eigenvalue weighted by molar-refractivity contribution is 0.238. The first-order valence-corrected chi connectivity index (χ1v) is 5.58. The van der Waals surface area contributed by atoms with Crippen LogP contribution in [0.5, 0.6) is 5.88 Å².